The number of anilines is 3. The largest absolute Gasteiger partial charge is 0.310 e. The molecule has 0 fully saturated rings. The first-order valence-corrected chi connectivity index (χ1v) is 21.3. The van der Waals surface area contributed by atoms with Crippen LogP contribution in [-0.2, 0) is 5.41 Å². The second-order valence-electron chi connectivity index (χ2n) is 15.0. The van der Waals surface area contributed by atoms with Gasteiger partial charge in [-0.25, -0.2) is 0 Å². The molecule has 0 bridgehead atoms. The molecule has 0 atom stereocenters. The summed E-state index contributed by atoms with van der Waals surface area (Å²) in [5.41, 5.74) is 14.8. The molecule has 0 N–H and O–H groups in total. The number of nitrogens with zero attached hydrogens (tertiary/aromatic N) is 1. The Hall–Kier alpha value is -6.48. The van der Waals surface area contributed by atoms with Crippen LogP contribution in [0.1, 0.15) is 30.5 Å². The minimum atomic E-state index is -2.53. The van der Waals surface area contributed by atoms with Crippen molar-refractivity contribution in [3.05, 3.63) is 235 Å². The van der Waals surface area contributed by atoms with Crippen molar-refractivity contribution in [3.63, 3.8) is 0 Å². The molecular formula is C53H43NSi. The second kappa shape index (κ2) is 14.4. The van der Waals surface area contributed by atoms with Crippen LogP contribution >= 0.6 is 0 Å². The van der Waals surface area contributed by atoms with Gasteiger partial charge < -0.3 is 4.90 Å². The number of hydrogen-bond acceptors (Lipinski definition) is 1. The molecule has 1 aliphatic carbocycles. The van der Waals surface area contributed by atoms with Gasteiger partial charge in [0.05, 0.1) is 0 Å². The van der Waals surface area contributed by atoms with Crippen LogP contribution in [0.2, 0.25) is 0 Å². The fourth-order valence-electron chi connectivity index (χ4n) is 8.56. The van der Waals surface area contributed by atoms with Crippen LogP contribution in [0.4, 0.5) is 17.1 Å². The van der Waals surface area contributed by atoms with Crippen molar-refractivity contribution in [1.29, 1.82) is 0 Å². The summed E-state index contributed by atoms with van der Waals surface area (Å²) < 4.78 is 0. The van der Waals surface area contributed by atoms with E-state index in [2.05, 4.69) is 243 Å². The highest BCUT2D eigenvalue weighted by molar-refractivity contribution is 7.15. The van der Waals surface area contributed by atoms with Gasteiger partial charge in [0, 0.05) is 22.5 Å². The molecule has 0 radical (unpaired) electrons. The van der Waals surface area contributed by atoms with Gasteiger partial charge in [-0.1, -0.05) is 202 Å². The lowest BCUT2D eigenvalue weighted by Crippen LogP contribution is -2.66. The van der Waals surface area contributed by atoms with Crippen LogP contribution < -0.4 is 20.5 Å². The quantitative estimate of drug-likeness (QED) is 0.106. The molecule has 0 saturated heterocycles. The molecule has 9 rings (SSSR count). The highest BCUT2D eigenvalue weighted by Gasteiger charge is 2.38. The van der Waals surface area contributed by atoms with Crippen LogP contribution in [-0.4, -0.2) is 8.07 Å². The summed E-state index contributed by atoms with van der Waals surface area (Å²) in [6.07, 6.45) is 2.39. The first kappa shape index (κ1) is 34.3. The minimum Gasteiger partial charge on any atom is -0.310 e. The normalized spacial score (nSPS) is 13.0. The summed E-state index contributed by atoms with van der Waals surface area (Å²) in [7, 11) is -2.53. The average Bonchev–Trinajstić information content (AvgIpc) is 3.48. The average molecular weight is 722 g/mol. The van der Waals surface area contributed by atoms with Gasteiger partial charge in [-0.3, -0.25) is 0 Å². The molecule has 8 aromatic carbocycles. The zero-order valence-corrected chi connectivity index (χ0v) is 32.3. The van der Waals surface area contributed by atoms with Crippen molar-refractivity contribution < 1.29 is 0 Å². The van der Waals surface area contributed by atoms with Crippen molar-refractivity contribution >= 4 is 46.8 Å². The molecule has 0 aromatic heterocycles. The van der Waals surface area contributed by atoms with Crippen LogP contribution in [0.15, 0.2) is 218 Å². The van der Waals surface area contributed by atoms with E-state index in [-0.39, 0.29) is 5.41 Å². The molecule has 0 amide bonds. The molecule has 0 unspecified atom stereocenters. The van der Waals surface area contributed by atoms with Crippen LogP contribution in [0, 0.1) is 0 Å². The summed E-state index contributed by atoms with van der Waals surface area (Å²) in [6, 6.07) is 77.7. The summed E-state index contributed by atoms with van der Waals surface area (Å²) in [5, 5.41) is 4.13. The molecule has 55 heavy (non-hydrogen) atoms. The molecular weight excluding hydrogens is 679 g/mol. The molecule has 1 nitrogen and oxygen atoms in total. The Morgan fingerprint density at radius 1 is 0.400 bits per heavy atom. The van der Waals surface area contributed by atoms with E-state index in [9.17, 15) is 0 Å². The Morgan fingerprint density at radius 3 is 1.36 bits per heavy atom. The summed E-state index contributed by atoms with van der Waals surface area (Å²) in [5.74, 6) is 0. The summed E-state index contributed by atoms with van der Waals surface area (Å²) in [6.45, 7) is 4.76. The number of rotatable bonds is 9. The standard InChI is InChI=1S/C53H43NSi/c1-53(2)51-38-40(36-37-55(46-22-12-5-13-23-46,47-24-14-6-15-25-47)48-26-16-7-17-27-48)28-34-49(51)50-35-33-45(39-52(50)53)54(43-20-10-4-11-21-43)44-31-29-42(30-32-44)41-18-8-3-9-19-41/h3-39H,1-2H3/b37-36+. The Labute approximate surface area is 326 Å². The molecule has 264 valence electrons. The molecule has 0 saturated carbocycles. The Balaban J connectivity index is 1.11. The van der Waals surface area contributed by atoms with E-state index in [0.717, 1.165) is 17.1 Å². The molecule has 0 heterocycles. The first-order chi connectivity index (χ1) is 27.0. The van der Waals surface area contributed by atoms with Crippen molar-refractivity contribution in [2.45, 2.75) is 19.3 Å². The summed E-state index contributed by atoms with van der Waals surface area (Å²) >= 11 is 0. The van der Waals surface area contributed by atoms with Crippen LogP contribution in [0.5, 0.6) is 0 Å². The van der Waals surface area contributed by atoms with Gasteiger partial charge in [-0.15, -0.1) is 0 Å². The smallest absolute Gasteiger partial charge is 0.172 e. The maximum absolute atomic E-state index is 2.54. The minimum absolute atomic E-state index is 0.184. The molecule has 0 aliphatic heterocycles. The third kappa shape index (κ3) is 6.25. The Bertz CT molecular complexity index is 2480. The van der Waals surface area contributed by atoms with Gasteiger partial charge in [0.15, 0.2) is 8.07 Å². The molecule has 8 aromatic rings. The third-order valence-electron chi connectivity index (χ3n) is 11.4. The highest BCUT2D eigenvalue weighted by atomic mass is 28.3. The lowest BCUT2D eigenvalue weighted by atomic mass is 9.81. The maximum Gasteiger partial charge on any atom is 0.172 e. The van der Waals surface area contributed by atoms with Gasteiger partial charge >= 0.3 is 0 Å². The zero-order valence-electron chi connectivity index (χ0n) is 31.3. The lowest BCUT2D eigenvalue weighted by Gasteiger charge is -2.31. The number of benzene rings is 8. The third-order valence-corrected chi connectivity index (χ3v) is 15.8. The van der Waals surface area contributed by atoms with Gasteiger partial charge in [-0.2, -0.15) is 0 Å². The fraction of sp³-hybridized carbons (Fsp3) is 0.0566. The fourth-order valence-corrected chi connectivity index (χ4v) is 12.7. The van der Waals surface area contributed by atoms with Crippen LogP contribution in [0.3, 0.4) is 0 Å². The Morgan fingerprint density at radius 2 is 0.818 bits per heavy atom. The molecule has 1 aliphatic rings. The number of para-hydroxylation sites is 1. The van der Waals surface area contributed by atoms with E-state index < -0.39 is 8.07 Å². The van der Waals surface area contributed by atoms with Gasteiger partial charge in [0.25, 0.3) is 0 Å². The molecule has 0 spiro atoms. The van der Waals surface area contributed by atoms with Gasteiger partial charge in [-0.05, 0) is 90.9 Å². The van der Waals surface area contributed by atoms with Gasteiger partial charge in [0.2, 0.25) is 0 Å². The Kier molecular flexibility index (Phi) is 8.98. The van der Waals surface area contributed by atoms with E-state index in [1.54, 1.807) is 0 Å². The van der Waals surface area contributed by atoms with E-state index in [1.165, 1.54) is 54.5 Å². The second-order valence-corrected chi connectivity index (χ2v) is 18.7. The van der Waals surface area contributed by atoms with Crippen LogP contribution in [0.25, 0.3) is 28.3 Å². The van der Waals surface area contributed by atoms with Crippen molar-refractivity contribution in [1.82, 2.24) is 0 Å². The van der Waals surface area contributed by atoms with E-state index in [1.807, 2.05) is 0 Å². The highest BCUT2D eigenvalue weighted by Crippen LogP contribution is 2.51. The predicted octanol–water partition coefficient (Wildman–Crippen LogP) is 11.9. The van der Waals surface area contributed by atoms with Crippen molar-refractivity contribution in [3.8, 4) is 22.3 Å². The maximum atomic E-state index is 2.54. The summed E-state index contributed by atoms with van der Waals surface area (Å²) in [4.78, 5) is 2.38. The number of hydrogen-bond donors (Lipinski definition) is 0. The van der Waals surface area contributed by atoms with Crippen molar-refractivity contribution in [2.75, 3.05) is 4.90 Å². The topological polar surface area (TPSA) is 3.24 Å². The zero-order chi connectivity index (χ0) is 37.2. The first-order valence-electron chi connectivity index (χ1n) is 19.2. The van der Waals surface area contributed by atoms with Gasteiger partial charge in [0.1, 0.15) is 0 Å². The van der Waals surface area contributed by atoms with E-state index in [0.29, 0.717) is 0 Å². The van der Waals surface area contributed by atoms with E-state index >= 15 is 0 Å². The van der Waals surface area contributed by atoms with E-state index in [4.69, 9.17) is 0 Å². The van der Waals surface area contributed by atoms with Crippen molar-refractivity contribution in [2.24, 2.45) is 0 Å². The number of fused-ring (bicyclic) bond motifs is 3. The SMILES string of the molecule is CC1(C)c2cc(/C=C/[Si](c3ccccc3)(c3ccccc3)c3ccccc3)ccc2-c2ccc(N(c3ccccc3)c3ccc(-c4ccccc4)cc3)cc21. The monoisotopic (exact) mass is 721 g/mol. The molecule has 2 heteroatoms. The predicted molar refractivity (Wildman–Crippen MR) is 237 cm³/mol. The lowest BCUT2D eigenvalue weighted by molar-refractivity contribution is 0.660.